The Morgan fingerprint density at radius 2 is 1.16 bits per heavy atom. The van der Waals surface area contributed by atoms with Gasteiger partial charge in [0.05, 0.1) is 49.2 Å². The number of benzene rings is 6. The SMILES string of the molecule is N#Cc1ccc(S(=O)(=O)c2ccccc2-n2c3ccccc3c3c2ccc2c4ccccc4n(-c4ccccc4)c23)cc1. The van der Waals surface area contributed by atoms with E-state index in [1.165, 1.54) is 24.3 Å². The highest BCUT2D eigenvalue weighted by Crippen LogP contribution is 2.42. The van der Waals surface area contributed by atoms with Crippen LogP contribution in [0.2, 0.25) is 0 Å². The molecule has 0 radical (unpaired) electrons. The van der Waals surface area contributed by atoms with Crippen LogP contribution in [0.3, 0.4) is 0 Å². The Labute approximate surface area is 248 Å². The first-order valence-corrected chi connectivity index (χ1v) is 15.4. The van der Waals surface area contributed by atoms with Crippen molar-refractivity contribution in [2.24, 2.45) is 0 Å². The van der Waals surface area contributed by atoms with Crippen molar-refractivity contribution in [3.05, 3.63) is 145 Å². The Morgan fingerprint density at radius 1 is 0.535 bits per heavy atom. The van der Waals surface area contributed by atoms with E-state index in [0.29, 0.717) is 11.3 Å². The summed E-state index contributed by atoms with van der Waals surface area (Å²) in [5.74, 6) is 0. The maximum atomic E-state index is 14.1. The lowest BCUT2D eigenvalue weighted by molar-refractivity contribution is 0.595. The maximum Gasteiger partial charge on any atom is 0.208 e. The van der Waals surface area contributed by atoms with Gasteiger partial charge in [-0.05, 0) is 66.7 Å². The molecule has 0 fully saturated rings. The van der Waals surface area contributed by atoms with E-state index >= 15 is 0 Å². The fourth-order valence-electron chi connectivity index (χ4n) is 6.32. The highest BCUT2D eigenvalue weighted by molar-refractivity contribution is 7.91. The minimum Gasteiger partial charge on any atom is -0.309 e. The highest BCUT2D eigenvalue weighted by atomic mass is 32.2. The molecule has 0 aliphatic heterocycles. The van der Waals surface area contributed by atoms with Crippen LogP contribution in [-0.2, 0) is 9.84 Å². The van der Waals surface area contributed by atoms with E-state index in [2.05, 4.69) is 69.8 Å². The van der Waals surface area contributed by atoms with Crippen molar-refractivity contribution in [3.8, 4) is 17.4 Å². The molecule has 6 heteroatoms. The quantitative estimate of drug-likeness (QED) is 0.212. The van der Waals surface area contributed by atoms with E-state index in [0.717, 1.165) is 49.3 Å². The zero-order chi connectivity index (χ0) is 29.1. The van der Waals surface area contributed by atoms with Crippen molar-refractivity contribution in [2.45, 2.75) is 9.79 Å². The maximum absolute atomic E-state index is 14.1. The van der Waals surface area contributed by atoms with E-state index < -0.39 is 9.84 Å². The second kappa shape index (κ2) is 9.45. The molecular weight excluding hydrogens is 550 g/mol. The fourth-order valence-corrected chi connectivity index (χ4v) is 7.76. The molecule has 0 aliphatic rings. The van der Waals surface area contributed by atoms with Gasteiger partial charge in [-0.3, -0.25) is 0 Å². The predicted octanol–water partition coefficient (Wildman–Crippen LogP) is 8.59. The lowest BCUT2D eigenvalue weighted by Crippen LogP contribution is -2.07. The van der Waals surface area contributed by atoms with Gasteiger partial charge in [-0.1, -0.05) is 72.8 Å². The van der Waals surface area contributed by atoms with E-state index in [1.807, 2.05) is 48.5 Å². The normalized spacial score (nSPS) is 11.9. The number of para-hydroxylation sites is 4. The Morgan fingerprint density at radius 3 is 1.91 bits per heavy atom. The Kier molecular flexibility index (Phi) is 5.52. The van der Waals surface area contributed by atoms with Crippen LogP contribution in [0.15, 0.2) is 149 Å². The first-order chi connectivity index (χ1) is 21.1. The van der Waals surface area contributed by atoms with Crippen molar-refractivity contribution in [2.75, 3.05) is 0 Å². The van der Waals surface area contributed by atoms with Gasteiger partial charge in [-0.25, -0.2) is 8.42 Å². The summed E-state index contributed by atoms with van der Waals surface area (Å²) in [6, 6.07) is 46.4. The van der Waals surface area contributed by atoms with Gasteiger partial charge in [0.1, 0.15) is 0 Å². The number of hydrogen-bond donors (Lipinski definition) is 0. The highest BCUT2D eigenvalue weighted by Gasteiger charge is 2.26. The van der Waals surface area contributed by atoms with Gasteiger partial charge in [0.2, 0.25) is 9.84 Å². The molecule has 0 saturated carbocycles. The second-order valence-electron chi connectivity index (χ2n) is 10.5. The molecule has 204 valence electrons. The summed E-state index contributed by atoms with van der Waals surface area (Å²) >= 11 is 0. The zero-order valence-corrected chi connectivity index (χ0v) is 23.7. The molecule has 0 N–H and O–H groups in total. The van der Waals surface area contributed by atoms with E-state index in [-0.39, 0.29) is 9.79 Å². The molecule has 2 heterocycles. The monoisotopic (exact) mass is 573 g/mol. The number of hydrogen-bond acceptors (Lipinski definition) is 3. The summed E-state index contributed by atoms with van der Waals surface area (Å²) in [7, 11) is -3.91. The van der Waals surface area contributed by atoms with Crippen molar-refractivity contribution in [1.82, 2.24) is 9.13 Å². The van der Waals surface area contributed by atoms with E-state index in [1.54, 1.807) is 12.1 Å². The average Bonchev–Trinajstić information content (AvgIpc) is 3.58. The molecule has 6 aromatic carbocycles. The molecule has 5 nitrogen and oxygen atoms in total. The average molecular weight is 574 g/mol. The summed E-state index contributed by atoms with van der Waals surface area (Å²) in [5.41, 5.74) is 6.05. The largest absolute Gasteiger partial charge is 0.309 e. The number of rotatable bonds is 4. The number of aromatic nitrogens is 2. The first-order valence-electron chi connectivity index (χ1n) is 13.9. The molecule has 2 aromatic heterocycles. The van der Waals surface area contributed by atoms with Crippen LogP contribution in [0.4, 0.5) is 0 Å². The van der Waals surface area contributed by atoms with E-state index in [4.69, 9.17) is 0 Å². The van der Waals surface area contributed by atoms with Crippen LogP contribution in [0.1, 0.15) is 5.56 Å². The standard InChI is InChI=1S/C37H23N3O2S/c38-24-25-18-20-27(21-19-25)43(41,42)35-17-9-8-16-33(35)40-32-15-7-5-13-30(32)36-34(40)23-22-29-28-12-4-6-14-31(28)39(37(29)36)26-10-2-1-3-11-26/h1-23H. The molecule has 8 aromatic rings. The van der Waals surface area contributed by atoms with Crippen LogP contribution in [0.5, 0.6) is 0 Å². The first kappa shape index (κ1) is 25.1. The third kappa shape index (κ3) is 3.66. The number of fused-ring (bicyclic) bond motifs is 7. The van der Waals surface area contributed by atoms with Gasteiger partial charge in [0.15, 0.2) is 0 Å². The summed E-state index contributed by atoms with van der Waals surface area (Å²) in [6.07, 6.45) is 0. The van der Waals surface area contributed by atoms with Crippen LogP contribution in [-0.4, -0.2) is 17.6 Å². The van der Waals surface area contributed by atoms with Gasteiger partial charge >= 0.3 is 0 Å². The van der Waals surface area contributed by atoms with Gasteiger partial charge in [0.25, 0.3) is 0 Å². The fraction of sp³-hybridized carbons (Fsp3) is 0. The van der Waals surface area contributed by atoms with Crippen LogP contribution < -0.4 is 0 Å². The molecule has 0 aliphatic carbocycles. The van der Waals surface area contributed by atoms with Crippen molar-refractivity contribution in [1.29, 1.82) is 5.26 Å². The van der Waals surface area contributed by atoms with Gasteiger partial charge in [-0.2, -0.15) is 5.26 Å². The Bertz CT molecular complexity index is 2520. The van der Waals surface area contributed by atoms with E-state index in [9.17, 15) is 13.7 Å². The molecule has 0 amide bonds. The molecule has 0 bridgehead atoms. The number of sulfone groups is 1. The molecule has 0 spiro atoms. The number of nitrogens with zero attached hydrogens (tertiary/aromatic N) is 3. The third-order valence-electron chi connectivity index (χ3n) is 8.17. The molecular formula is C37H23N3O2S. The molecule has 0 saturated heterocycles. The summed E-state index contributed by atoms with van der Waals surface area (Å²) in [4.78, 5) is 0.345. The smallest absolute Gasteiger partial charge is 0.208 e. The Hall–Kier alpha value is -5.64. The lowest BCUT2D eigenvalue weighted by Gasteiger charge is -2.14. The molecule has 8 rings (SSSR count). The molecule has 0 unspecified atom stereocenters. The van der Waals surface area contributed by atoms with Gasteiger partial charge in [0, 0.05) is 27.2 Å². The third-order valence-corrected chi connectivity index (χ3v) is 9.99. The van der Waals surface area contributed by atoms with Crippen LogP contribution in [0.25, 0.3) is 55.0 Å². The summed E-state index contributed by atoms with van der Waals surface area (Å²) < 4.78 is 32.6. The number of nitriles is 1. The van der Waals surface area contributed by atoms with Gasteiger partial charge < -0.3 is 9.13 Å². The summed E-state index contributed by atoms with van der Waals surface area (Å²) in [6.45, 7) is 0. The Balaban J connectivity index is 1.51. The van der Waals surface area contributed by atoms with Crippen LogP contribution in [0, 0.1) is 11.3 Å². The predicted molar refractivity (Wildman–Crippen MR) is 172 cm³/mol. The van der Waals surface area contributed by atoms with Crippen molar-refractivity contribution < 1.29 is 8.42 Å². The van der Waals surface area contributed by atoms with Crippen molar-refractivity contribution in [3.63, 3.8) is 0 Å². The van der Waals surface area contributed by atoms with Crippen molar-refractivity contribution >= 4 is 53.4 Å². The topological polar surface area (TPSA) is 67.8 Å². The van der Waals surface area contributed by atoms with Crippen LogP contribution >= 0.6 is 0 Å². The lowest BCUT2D eigenvalue weighted by atomic mass is 10.1. The molecule has 43 heavy (non-hydrogen) atoms. The molecule has 0 atom stereocenters. The zero-order valence-electron chi connectivity index (χ0n) is 22.8. The minimum absolute atomic E-state index is 0.145. The second-order valence-corrected chi connectivity index (χ2v) is 12.4. The summed E-state index contributed by atoms with van der Waals surface area (Å²) in [5, 5.41) is 13.6. The minimum atomic E-state index is -3.91. The van der Waals surface area contributed by atoms with Gasteiger partial charge in [-0.15, -0.1) is 0 Å².